The molecule has 0 saturated carbocycles. The van der Waals surface area contributed by atoms with Gasteiger partial charge in [0.05, 0.1) is 5.02 Å². The van der Waals surface area contributed by atoms with Gasteiger partial charge in [-0.1, -0.05) is 17.7 Å². The van der Waals surface area contributed by atoms with Crippen LogP contribution in [0.2, 0.25) is 5.02 Å². The molecule has 0 aliphatic carbocycles. The van der Waals surface area contributed by atoms with Crippen molar-refractivity contribution in [2.24, 2.45) is 0 Å². The van der Waals surface area contributed by atoms with E-state index in [9.17, 15) is 4.39 Å². The minimum Gasteiger partial charge on any atom is -0.306 e. The summed E-state index contributed by atoms with van der Waals surface area (Å²) >= 11 is 11.3. The molecule has 0 bridgehead atoms. The van der Waals surface area contributed by atoms with E-state index in [2.05, 4.69) is 11.9 Å². The van der Waals surface area contributed by atoms with Crippen LogP contribution in [0.3, 0.4) is 0 Å². The largest absolute Gasteiger partial charge is 0.306 e. The van der Waals surface area contributed by atoms with E-state index >= 15 is 0 Å². The molecular weight excluding hydrogens is 248 g/mol. The van der Waals surface area contributed by atoms with Crippen molar-refractivity contribution in [1.82, 2.24) is 4.90 Å². The molecular formula is C12H16Cl2FN. The fourth-order valence-corrected chi connectivity index (χ4v) is 1.78. The van der Waals surface area contributed by atoms with Crippen LogP contribution in [0.1, 0.15) is 12.0 Å². The molecule has 0 aromatic heterocycles. The predicted molar refractivity (Wildman–Crippen MR) is 67.9 cm³/mol. The molecule has 0 unspecified atom stereocenters. The van der Waals surface area contributed by atoms with Crippen LogP contribution >= 0.6 is 23.2 Å². The van der Waals surface area contributed by atoms with Gasteiger partial charge in [0.1, 0.15) is 5.82 Å². The lowest BCUT2D eigenvalue weighted by Gasteiger charge is -2.15. The van der Waals surface area contributed by atoms with Crippen molar-refractivity contribution in [1.29, 1.82) is 0 Å². The molecule has 0 N–H and O–H groups in total. The second-order valence-electron chi connectivity index (χ2n) is 3.84. The van der Waals surface area contributed by atoms with Crippen LogP contribution in [-0.4, -0.2) is 30.9 Å². The number of benzene rings is 1. The summed E-state index contributed by atoms with van der Waals surface area (Å²) in [5, 5.41) is 0.195. The second-order valence-corrected chi connectivity index (χ2v) is 4.63. The lowest BCUT2D eigenvalue weighted by Crippen LogP contribution is -2.22. The van der Waals surface area contributed by atoms with Crippen LogP contribution in [0.5, 0.6) is 0 Å². The van der Waals surface area contributed by atoms with Crippen LogP contribution < -0.4 is 0 Å². The normalized spacial score (nSPS) is 11.1. The third kappa shape index (κ3) is 4.69. The third-order valence-electron chi connectivity index (χ3n) is 2.44. The van der Waals surface area contributed by atoms with Gasteiger partial charge in [0.25, 0.3) is 0 Å². The van der Waals surface area contributed by atoms with E-state index in [4.69, 9.17) is 23.2 Å². The van der Waals surface area contributed by atoms with Gasteiger partial charge >= 0.3 is 0 Å². The first-order valence-corrected chi connectivity index (χ1v) is 6.23. The highest BCUT2D eigenvalue weighted by Crippen LogP contribution is 2.16. The fourth-order valence-electron chi connectivity index (χ4n) is 1.46. The lowest BCUT2D eigenvalue weighted by atomic mass is 10.1. The summed E-state index contributed by atoms with van der Waals surface area (Å²) < 4.78 is 12.9. The molecule has 0 aliphatic heterocycles. The van der Waals surface area contributed by atoms with Gasteiger partial charge in [-0.3, -0.25) is 0 Å². The molecule has 16 heavy (non-hydrogen) atoms. The SMILES string of the molecule is CN(CCCCl)CCc1ccc(F)c(Cl)c1. The highest BCUT2D eigenvalue weighted by Gasteiger charge is 2.02. The standard InChI is InChI=1S/C12H16Cl2FN/c1-16(7-2-6-13)8-5-10-3-4-12(15)11(14)9-10/h3-4,9H,2,5-8H2,1H3. The van der Waals surface area contributed by atoms with E-state index in [1.54, 1.807) is 12.1 Å². The monoisotopic (exact) mass is 263 g/mol. The maximum absolute atomic E-state index is 12.9. The van der Waals surface area contributed by atoms with Crippen LogP contribution in [-0.2, 0) is 6.42 Å². The minimum absolute atomic E-state index is 0.195. The molecule has 1 aromatic carbocycles. The van der Waals surface area contributed by atoms with E-state index in [0.29, 0.717) is 5.88 Å². The molecule has 90 valence electrons. The topological polar surface area (TPSA) is 3.24 Å². The Morgan fingerprint density at radius 2 is 2.06 bits per heavy atom. The van der Waals surface area contributed by atoms with Crippen molar-refractivity contribution < 1.29 is 4.39 Å². The first-order chi connectivity index (χ1) is 7.63. The van der Waals surface area contributed by atoms with Crippen molar-refractivity contribution in [3.05, 3.63) is 34.6 Å². The van der Waals surface area contributed by atoms with Crippen molar-refractivity contribution in [3.8, 4) is 0 Å². The van der Waals surface area contributed by atoms with Gasteiger partial charge < -0.3 is 4.90 Å². The molecule has 0 radical (unpaired) electrons. The first-order valence-electron chi connectivity index (χ1n) is 5.32. The van der Waals surface area contributed by atoms with Crippen molar-refractivity contribution in [3.63, 3.8) is 0 Å². The Hall–Kier alpha value is -0.310. The molecule has 0 amide bonds. The highest BCUT2D eigenvalue weighted by molar-refractivity contribution is 6.30. The number of halogens is 3. The van der Waals surface area contributed by atoms with Crippen molar-refractivity contribution in [2.75, 3.05) is 26.0 Å². The number of likely N-dealkylation sites (N-methyl/N-ethyl adjacent to an activating group) is 1. The molecule has 0 spiro atoms. The van der Waals surface area contributed by atoms with Gasteiger partial charge in [-0.25, -0.2) is 4.39 Å². The van der Waals surface area contributed by atoms with Gasteiger partial charge in [0.15, 0.2) is 0 Å². The Bertz CT molecular complexity index is 331. The van der Waals surface area contributed by atoms with E-state index in [1.807, 2.05) is 0 Å². The van der Waals surface area contributed by atoms with Gasteiger partial charge in [-0.2, -0.15) is 0 Å². The number of nitrogens with zero attached hydrogens (tertiary/aromatic N) is 1. The van der Waals surface area contributed by atoms with Gasteiger partial charge in [-0.15, -0.1) is 11.6 Å². The summed E-state index contributed by atoms with van der Waals surface area (Å²) in [5.41, 5.74) is 1.06. The molecule has 1 aromatic rings. The summed E-state index contributed by atoms with van der Waals surface area (Å²) in [6, 6.07) is 4.87. The zero-order chi connectivity index (χ0) is 12.0. The van der Waals surface area contributed by atoms with Crippen LogP contribution in [0.4, 0.5) is 4.39 Å². The highest BCUT2D eigenvalue weighted by atomic mass is 35.5. The van der Waals surface area contributed by atoms with Gasteiger partial charge in [0.2, 0.25) is 0 Å². The molecule has 0 heterocycles. The Labute approximate surface area is 106 Å². The summed E-state index contributed by atoms with van der Waals surface area (Å²) in [6.45, 7) is 1.91. The summed E-state index contributed by atoms with van der Waals surface area (Å²) in [6.07, 6.45) is 1.86. The average molecular weight is 264 g/mol. The quantitative estimate of drug-likeness (QED) is 0.710. The summed E-state index contributed by atoms with van der Waals surface area (Å²) in [7, 11) is 2.05. The van der Waals surface area contributed by atoms with Crippen LogP contribution in [0, 0.1) is 5.82 Å². The summed E-state index contributed by atoms with van der Waals surface area (Å²) in [5.74, 6) is 0.327. The lowest BCUT2D eigenvalue weighted by molar-refractivity contribution is 0.340. The molecule has 0 atom stereocenters. The Morgan fingerprint density at radius 1 is 1.31 bits per heavy atom. The van der Waals surface area contributed by atoms with Gasteiger partial charge in [0, 0.05) is 12.4 Å². The molecule has 4 heteroatoms. The number of hydrogen-bond donors (Lipinski definition) is 0. The van der Waals surface area contributed by atoms with E-state index in [0.717, 1.165) is 31.5 Å². The van der Waals surface area contributed by atoms with E-state index < -0.39 is 0 Å². The molecule has 1 rings (SSSR count). The Kier molecular flexibility index (Phi) is 6.10. The minimum atomic E-state index is -0.360. The average Bonchev–Trinajstić information content (AvgIpc) is 2.28. The molecule has 1 nitrogen and oxygen atoms in total. The molecule has 0 saturated heterocycles. The molecule has 0 fully saturated rings. The van der Waals surface area contributed by atoms with E-state index in [-0.39, 0.29) is 10.8 Å². The Balaban J connectivity index is 2.39. The number of rotatable bonds is 6. The van der Waals surface area contributed by atoms with Gasteiger partial charge in [-0.05, 0) is 44.1 Å². The predicted octanol–water partition coefficient (Wildman–Crippen LogP) is 3.58. The zero-order valence-corrected chi connectivity index (χ0v) is 10.9. The maximum atomic E-state index is 12.9. The van der Waals surface area contributed by atoms with E-state index in [1.165, 1.54) is 6.07 Å². The zero-order valence-electron chi connectivity index (χ0n) is 9.35. The number of hydrogen-bond acceptors (Lipinski definition) is 1. The Morgan fingerprint density at radius 3 is 2.69 bits per heavy atom. The summed E-state index contributed by atoms with van der Waals surface area (Å²) in [4.78, 5) is 2.21. The van der Waals surface area contributed by atoms with Crippen molar-refractivity contribution >= 4 is 23.2 Å². The first kappa shape index (κ1) is 13.8. The second kappa shape index (κ2) is 7.10. The maximum Gasteiger partial charge on any atom is 0.141 e. The smallest absolute Gasteiger partial charge is 0.141 e. The van der Waals surface area contributed by atoms with Crippen molar-refractivity contribution in [2.45, 2.75) is 12.8 Å². The van der Waals surface area contributed by atoms with Crippen LogP contribution in [0.15, 0.2) is 18.2 Å². The molecule has 0 aliphatic rings. The van der Waals surface area contributed by atoms with Crippen LogP contribution in [0.25, 0.3) is 0 Å². The third-order valence-corrected chi connectivity index (χ3v) is 3.00. The number of alkyl halides is 1. The fraction of sp³-hybridized carbons (Fsp3) is 0.500.